The molecule has 1 fully saturated rings. The van der Waals surface area contributed by atoms with Crippen molar-refractivity contribution < 1.29 is 9.05 Å². The molecule has 2 aliphatic rings. The van der Waals surface area contributed by atoms with Crippen molar-refractivity contribution in [2.75, 3.05) is 5.75 Å². The summed E-state index contributed by atoms with van der Waals surface area (Å²) < 4.78 is 12.4. The highest BCUT2D eigenvalue weighted by molar-refractivity contribution is 7.85. The fourth-order valence-electron chi connectivity index (χ4n) is 3.35. The Morgan fingerprint density at radius 3 is 2.73 bits per heavy atom. The highest BCUT2D eigenvalue weighted by Crippen LogP contribution is 2.41. The molecule has 4 nitrogen and oxygen atoms in total. The van der Waals surface area contributed by atoms with Crippen molar-refractivity contribution in [3.05, 3.63) is 23.5 Å². The molecule has 5 heteroatoms. The van der Waals surface area contributed by atoms with Gasteiger partial charge in [-0.1, -0.05) is 25.9 Å². The summed E-state index contributed by atoms with van der Waals surface area (Å²) in [5.41, 5.74) is 2.78. The van der Waals surface area contributed by atoms with E-state index in [4.69, 9.17) is 4.84 Å². The molecule has 1 atom stereocenters. The summed E-state index contributed by atoms with van der Waals surface area (Å²) in [7, 11) is -1.00. The molecule has 1 unspecified atom stereocenters. The van der Waals surface area contributed by atoms with E-state index >= 15 is 0 Å². The van der Waals surface area contributed by atoms with Gasteiger partial charge in [-0.25, -0.2) is 0 Å². The predicted octanol–water partition coefficient (Wildman–Crippen LogP) is 3.77. The van der Waals surface area contributed by atoms with Crippen LogP contribution in [-0.2, 0) is 15.6 Å². The van der Waals surface area contributed by atoms with Gasteiger partial charge < -0.3 is 4.84 Å². The van der Waals surface area contributed by atoms with E-state index in [1.807, 2.05) is 19.2 Å². The average molecular weight is 320 g/mol. The van der Waals surface area contributed by atoms with E-state index in [1.54, 1.807) is 0 Å². The van der Waals surface area contributed by atoms with Crippen LogP contribution in [0.2, 0.25) is 0 Å². The molecular formula is C17H24N2O2S. The summed E-state index contributed by atoms with van der Waals surface area (Å²) >= 11 is 0. The van der Waals surface area contributed by atoms with Gasteiger partial charge >= 0.3 is 0 Å². The molecule has 1 aliphatic carbocycles. The van der Waals surface area contributed by atoms with Gasteiger partial charge in [-0.05, 0) is 37.7 Å². The molecule has 0 aromatic carbocycles. The van der Waals surface area contributed by atoms with E-state index in [2.05, 4.69) is 24.0 Å². The molecule has 0 saturated heterocycles. The summed E-state index contributed by atoms with van der Waals surface area (Å²) in [6.45, 7) is 6.11. The van der Waals surface area contributed by atoms with Gasteiger partial charge in [0, 0.05) is 23.9 Å². The first-order valence-corrected chi connectivity index (χ1v) is 9.50. The number of nitrogens with zero attached hydrogens (tertiary/aromatic N) is 2. The van der Waals surface area contributed by atoms with Crippen LogP contribution >= 0.6 is 0 Å². The molecule has 1 aromatic heterocycles. The second kappa shape index (κ2) is 6.11. The molecule has 2 heterocycles. The van der Waals surface area contributed by atoms with Gasteiger partial charge in [0.2, 0.25) is 0 Å². The minimum absolute atomic E-state index is 0.0733. The third-order valence-electron chi connectivity index (χ3n) is 4.62. The van der Waals surface area contributed by atoms with Crippen molar-refractivity contribution in [1.29, 1.82) is 0 Å². The van der Waals surface area contributed by atoms with E-state index < -0.39 is 10.8 Å². The second-order valence-corrected chi connectivity index (χ2v) is 8.30. The number of hydrogen-bond donors (Lipinski definition) is 0. The van der Waals surface area contributed by atoms with Gasteiger partial charge in [-0.3, -0.25) is 9.19 Å². The number of oxime groups is 1. The van der Waals surface area contributed by atoms with Crippen LogP contribution in [-0.4, -0.2) is 26.3 Å². The van der Waals surface area contributed by atoms with Crippen LogP contribution in [0.25, 0.3) is 0 Å². The van der Waals surface area contributed by atoms with E-state index in [-0.39, 0.29) is 11.5 Å². The SMILES string of the molecule is CCS(=O)c1cc(C2=NOC3(CCCC3)C2)cnc1C(C)C. The molecule has 1 saturated carbocycles. The van der Waals surface area contributed by atoms with Crippen molar-refractivity contribution in [3.63, 3.8) is 0 Å². The summed E-state index contributed by atoms with van der Waals surface area (Å²) in [5, 5.41) is 4.32. The van der Waals surface area contributed by atoms with Crippen LogP contribution in [0.4, 0.5) is 0 Å². The Morgan fingerprint density at radius 1 is 1.36 bits per heavy atom. The Balaban J connectivity index is 1.90. The standard InChI is InChI=1S/C17H24N2O2S/c1-4-22(20)15-9-13(11-18-16(15)12(2)3)14-10-17(21-19-14)7-5-6-8-17/h9,11-12H,4-8,10H2,1-3H3. The van der Waals surface area contributed by atoms with E-state index in [1.165, 1.54) is 12.8 Å². The molecule has 120 valence electrons. The Kier molecular flexibility index (Phi) is 4.35. The van der Waals surface area contributed by atoms with Gasteiger partial charge in [0.25, 0.3) is 0 Å². The van der Waals surface area contributed by atoms with Gasteiger partial charge in [-0.15, -0.1) is 0 Å². The topological polar surface area (TPSA) is 51.5 Å². The molecule has 1 aliphatic heterocycles. The summed E-state index contributed by atoms with van der Waals surface area (Å²) in [4.78, 5) is 11.2. The Labute approximate surface area is 134 Å². The zero-order chi connectivity index (χ0) is 15.7. The van der Waals surface area contributed by atoms with Crippen LogP contribution in [0.3, 0.4) is 0 Å². The maximum absolute atomic E-state index is 12.4. The highest BCUT2D eigenvalue weighted by Gasteiger charge is 2.42. The van der Waals surface area contributed by atoms with Crippen LogP contribution in [0.5, 0.6) is 0 Å². The molecule has 0 bridgehead atoms. The maximum Gasteiger partial charge on any atom is 0.143 e. The van der Waals surface area contributed by atoms with Gasteiger partial charge in [0.1, 0.15) is 5.60 Å². The van der Waals surface area contributed by atoms with Crippen LogP contribution in [0.1, 0.15) is 70.1 Å². The first kappa shape index (κ1) is 15.7. The molecule has 0 amide bonds. The molecule has 1 spiro atoms. The van der Waals surface area contributed by atoms with Crippen molar-refractivity contribution in [2.45, 2.75) is 69.3 Å². The fraction of sp³-hybridized carbons (Fsp3) is 0.647. The zero-order valence-electron chi connectivity index (χ0n) is 13.6. The molecule has 0 radical (unpaired) electrons. The monoisotopic (exact) mass is 320 g/mol. The van der Waals surface area contributed by atoms with E-state index in [9.17, 15) is 4.21 Å². The second-order valence-electron chi connectivity index (χ2n) is 6.59. The quantitative estimate of drug-likeness (QED) is 0.848. The molecule has 3 rings (SSSR count). The zero-order valence-corrected chi connectivity index (χ0v) is 14.4. The van der Waals surface area contributed by atoms with Crippen molar-refractivity contribution in [2.24, 2.45) is 5.16 Å². The number of hydrogen-bond acceptors (Lipinski definition) is 4. The van der Waals surface area contributed by atoms with Crippen molar-refractivity contribution >= 4 is 16.5 Å². The first-order valence-electron chi connectivity index (χ1n) is 8.18. The fourth-order valence-corrected chi connectivity index (χ4v) is 4.44. The smallest absolute Gasteiger partial charge is 0.143 e. The van der Waals surface area contributed by atoms with Crippen LogP contribution < -0.4 is 0 Å². The Bertz CT molecular complexity index is 619. The van der Waals surface area contributed by atoms with Crippen molar-refractivity contribution in [3.8, 4) is 0 Å². The van der Waals surface area contributed by atoms with Crippen LogP contribution in [0, 0.1) is 0 Å². The van der Waals surface area contributed by atoms with Gasteiger partial charge in [0.05, 0.1) is 27.1 Å². The summed E-state index contributed by atoms with van der Waals surface area (Å²) in [5.74, 6) is 0.875. The van der Waals surface area contributed by atoms with Gasteiger partial charge in [-0.2, -0.15) is 0 Å². The van der Waals surface area contributed by atoms with E-state index in [0.29, 0.717) is 5.75 Å². The minimum atomic E-state index is -1.00. The normalized spacial score (nSPS) is 21.2. The first-order chi connectivity index (χ1) is 10.5. The minimum Gasteiger partial charge on any atom is -0.389 e. The number of aromatic nitrogens is 1. The lowest BCUT2D eigenvalue weighted by Crippen LogP contribution is -2.24. The predicted molar refractivity (Wildman–Crippen MR) is 88.7 cm³/mol. The Hall–Kier alpha value is -1.23. The number of rotatable bonds is 4. The maximum atomic E-state index is 12.4. The lowest BCUT2D eigenvalue weighted by atomic mass is 9.93. The lowest BCUT2D eigenvalue weighted by molar-refractivity contribution is -0.0126. The van der Waals surface area contributed by atoms with Crippen molar-refractivity contribution in [1.82, 2.24) is 4.98 Å². The average Bonchev–Trinajstić information content (AvgIpc) is 3.16. The molecule has 0 N–H and O–H groups in total. The Morgan fingerprint density at radius 2 is 2.09 bits per heavy atom. The third-order valence-corrected chi connectivity index (χ3v) is 5.97. The van der Waals surface area contributed by atoms with Gasteiger partial charge in [0.15, 0.2) is 0 Å². The number of pyridine rings is 1. The summed E-state index contributed by atoms with van der Waals surface area (Å²) in [6, 6.07) is 2.01. The third kappa shape index (κ3) is 2.83. The lowest BCUT2D eigenvalue weighted by Gasteiger charge is -2.19. The highest BCUT2D eigenvalue weighted by atomic mass is 32.2. The summed E-state index contributed by atoms with van der Waals surface area (Å²) in [6.07, 6.45) is 7.34. The molecule has 1 aromatic rings. The van der Waals surface area contributed by atoms with Crippen LogP contribution in [0.15, 0.2) is 22.3 Å². The van der Waals surface area contributed by atoms with E-state index in [0.717, 1.165) is 41.1 Å². The largest absolute Gasteiger partial charge is 0.389 e. The molecular weight excluding hydrogens is 296 g/mol. The molecule has 22 heavy (non-hydrogen) atoms.